The molecule has 0 aromatic rings. The number of nitrogens with zero attached hydrogens (tertiary/aromatic N) is 1. The lowest BCUT2D eigenvalue weighted by Crippen LogP contribution is -2.33. The van der Waals surface area contributed by atoms with Crippen LogP contribution in [-0.4, -0.2) is 58.3 Å². The number of hydrogen-bond donors (Lipinski definition) is 2. The number of likely N-dealkylation sites (N-methyl/N-ethyl adjacent to an activating group) is 1. The Hall–Kier alpha value is -0.520. The first kappa shape index (κ1) is 15.5. The van der Waals surface area contributed by atoms with Crippen LogP contribution in [0.1, 0.15) is 13.8 Å². The van der Waals surface area contributed by atoms with Crippen molar-refractivity contribution in [2.45, 2.75) is 20.0 Å². The standard InChI is InChI=1S/C11H21NO3S/c1-4-12(5-9(2)3)11(15)8-16-7-10(14)6-13/h10,13-14H,2,4-8H2,1,3H3. The minimum atomic E-state index is -0.742. The quantitative estimate of drug-likeness (QED) is 0.613. The summed E-state index contributed by atoms with van der Waals surface area (Å²) in [6.07, 6.45) is -0.742. The fourth-order valence-electron chi connectivity index (χ4n) is 1.13. The Kier molecular flexibility index (Phi) is 8.33. The van der Waals surface area contributed by atoms with Crippen LogP contribution in [0.15, 0.2) is 12.2 Å². The minimum Gasteiger partial charge on any atom is -0.394 e. The predicted octanol–water partition coefficient (Wildman–Crippen LogP) is 0.497. The normalized spacial score (nSPS) is 12.2. The molecule has 0 aliphatic carbocycles. The molecule has 1 unspecified atom stereocenters. The summed E-state index contributed by atoms with van der Waals surface area (Å²) in [5.41, 5.74) is 0.954. The molecule has 16 heavy (non-hydrogen) atoms. The van der Waals surface area contributed by atoms with Crippen molar-refractivity contribution < 1.29 is 15.0 Å². The van der Waals surface area contributed by atoms with E-state index in [4.69, 9.17) is 10.2 Å². The average Bonchev–Trinajstić information content (AvgIpc) is 2.24. The maximum Gasteiger partial charge on any atom is 0.232 e. The molecule has 4 nitrogen and oxygen atoms in total. The molecule has 1 atom stereocenters. The van der Waals surface area contributed by atoms with Crippen molar-refractivity contribution in [2.75, 3.05) is 31.2 Å². The van der Waals surface area contributed by atoms with Crippen molar-refractivity contribution >= 4 is 17.7 Å². The first-order valence-corrected chi connectivity index (χ1v) is 6.45. The topological polar surface area (TPSA) is 60.8 Å². The van der Waals surface area contributed by atoms with Gasteiger partial charge in [0.05, 0.1) is 18.5 Å². The van der Waals surface area contributed by atoms with Crippen LogP contribution < -0.4 is 0 Å². The van der Waals surface area contributed by atoms with E-state index >= 15 is 0 Å². The summed E-state index contributed by atoms with van der Waals surface area (Å²) in [6.45, 7) is 8.57. The molecule has 0 aromatic carbocycles. The van der Waals surface area contributed by atoms with Gasteiger partial charge in [-0.15, -0.1) is 11.8 Å². The number of aliphatic hydroxyl groups is 2. The molecule has 0 aromatic heterocycles. The summed E-state index contributed by atoms with van der Waals surface area (Å²) in [4.78, 5) is 13.4. The molecule has 0 saturated carbocycles. The molecule has 0 fully saturated rings. The highest BCUT2D eigenvalue weighted by Gasteiger charge is 2.12. The molecule has 94 valence electrons. The van der Waals surface area contributed by atoms with Crippen LogP contribution in [0, 0.1) is 0 Å². The zero-order valence-corrected chi connectivity index (χ0v) is 10.8. The molecule has 0 aliphatic rings. The molecule has 0 aliphatic heterocycles. The van der Waals surface area contributed by atoms with E-state index in [0.717, 1.165) is 5.57 Å². The van der Waals surface area contributed by atoms with E-state index in [1.807, 2.05) is 13.8 Å². The van der Waals surface area contributed by atoms with Crippen molar-refractivity contribution in [3.63, 3.8) is 0 Å². The van der Waals surface area contributed by atoms with Gasteiger partial charge in [-0.25, -0.2) is 0 Å². The van der Waals surface area contributed by atoms with Crippen molar-refractivity contribution in [3.05, 3.63) is 12.2 Å². The number of rotatable bonds is 8. The van der Waals surface area contributed by atoms with Gasteiger partial charge < -0.3 is 15.1 Å². The van der Waals surface area contributed by atoms with Crippen LogP contribution in [0.3, 0.4) is 0 Å². The van der Waals surface area contributed by atoms with Gasteiger partial charge >= 0.3 is 0 Å². The van der Waals surface area contributed by atoms with Gasteiger partial charge in [0, 0.05) is 18.8 Å². The van der Waals surface area contributed by atoms with Crippen LogP contribution in [0.2, 0.25) is 0 Å². The van der Waals surface area contributed by atoms with Gasteiger partial charge in [-0.3, -0.25) is 4.79 Å². The molecule has 0 radical (unpaired) electrons. The van der Waals surface area contributed by atoms with Crippen molar-refractivity contribution in [3.8, 4) is 0 Å². The molecule has 0 heterocycles. The van der Waals surface area contributed by atoms with E-state index in [-0.39, 0.29) is 12.5 Å². The molecule has 1 amide bonds. The van der Waals surface area contributed by atoms with Crippen molar-refractivity contribution in [2.24, 2.45) is 0 Å². The molecule has 0 rings (SSSR count). The van der Waals surface area contributed by atoms with Gasteiger partial charge in [0.1, 0.15) is 0 Å². The van der Waals surface area contributed by atoms with Gasteiger partial charge in [0.25, 0.3) is 0 Å². The summed E-state index contributed by atoms with van der Waals surface area (Å²) in [6, 6.07) is 0. The Balaban J connectivity index is 3.88. The number of amides is 1. The molecule has 0 saturated heterocycles. The SMILES string of the molecule is C=C(C)CN(CC)C(=O)CSCC(O)CO. The zero-order valence-electron chi connectivity index (χ0n) is 9.98. The van der Waals surface area contributed by atoms with E-state index in [9.17, 15) is 4.79 Å². The summed E-state index contributed by atoms with van der Waals surface area (Å²) in [7, 11) is 0. The Morgan fingerprint density at radius 3 is 2.62 bits per heavy atom. The van der Waals surface area contributed by atoms with Crippen LogP contribution in [0.5, 0.6) is 0 Å². The third kappa shape index (κ3) is 6.87. The highest BCUT2D eigenvalue weighted by molar-refractivity contribution is 7.99. The first-order valence-electron chi connectivity index (χ1n) is 5.30. The molecule has 0 bridgehead atoms. The second-order valence-corrected chi connectivity index (χ2v) is 4.75. The van der Waals surface area contributed by atoms with Crippen molar-refractivity contribution in [1.29, 1.82) is 0 Å². The second-order valence-electron chi connectivity index (χ2n) is 3.72. The maximum atomic E-state index is 11.7. The summed E-state index contributed by atoms with van der Waals surface area (Å²) in [5.74, 6) is 0.756. The monoisotopic (exact) mass is 247 g/mol. The van der Waals surface area contributed by atoms with Crippen LogP contribution in [-0.2, 0) is 4.79 Å². The number of carbonyl (C=O) groups excluding carboxylic acids is 1. The molecular formula is C11H21NO3S. The van der Waals surface area contributed by atoms with E-state index in [0.29, 0.717) is 24.6 Å². The van der Waals surface area contributed by atoms with Crippen LogP contribution in [0.4, 0.5) is 0 Å². The predicted molar refractivity (Wildman–Crippen MR) is 67.5 cm³/mol. The van der Waals surface area contributed by atoms with E-state index in [1.54, 1.807) is 4.90 Å². The fraction of sp³-hybridized carbons (Fsp3) is 0.727. The fourth-order valence-corrected chi connectivity index (χ4v) is 1.98. The summed E-state index contributed by atoms with van der Waals surface area (Å²) in [5, 5.41) is 17.7. The van der Waals surface area contributed by atoms with E-state index in [1.165, 1.54) is 11.8 Å². The summed E-state index contributed by atoms with van der Waals surface area (Å²) >= 11 is 1.33. The molecule has 5 heteroatoms. The lowest BCUT2D eigenvalue weighted by Gasteiger charge is -2.20. The first-order chi connectivity index (χ1) is 7.51. The number of aliphatic hydroxyl groups excluding tert-OH is 2. The zero-order chi connectivity index (χ0) is 12.6. The number of thioether (sulfide) groups is 1. The molecule has 2 N–H and O–H groups in total. The van der Waals surface area contributed by atoms with Gasteiger partial charge in [0.2, 0.25) is 5.91 Å². The Morgan fingerprint density at radius 2 is 2.19 bits per heavy atom. The van der Waals surface area contributed by atoms with Crippen LogP contribution in [0.25, 0.3) is 0 Å². The minimum absolute atomic E-state index is 0.0423. The van der Waals surface area contributed by atoms with Crippen molar-refractivity contribution in [1.82, 2.24) is 4.90 Å². The van der Waals surface area contributed by atoms with E-state index in [2.05, 4.69) is 6.58 Å². The Bertz CT molecular complexity index is 233. The second kappa shape index (κ2) is 8.61. The molecule has 0 spiro atoms. The van der Waals surface area contributed by atoms with Gasteiger partial charge in [-0.05, 0) is 13.8 Å². The lowest BCUT2D eigenvalue weighted by atomic mass is 10.3. The Labute approximate surface area is 101 Å². The Morgan fingerprint density at radius 1 is 1.56 bits per heavy atom. The highest BCUT2D eigenvalue weighted by atomic mass is 32.2. The van der Waals surface area contributed by atoms with Crippen LogP contribution >= 0.6 is 11.8 Å². The lowest BCUT2D eigenvalue weighted by molar-refractivity contribution is -0.127. The van der Waals surface area contributed by atoms with Gasteiger partial charge in [0.15, 0.2) is 0 Å². The average molecular weight is 247 g/mol. The maximum absolute atomic E-state index is 11.7. The van der Waals surface area contributed by atoms with Gasteiger partial charge in [-0.1, -0.05) is 12.2 Å². The van der Waals surface area contributed by atoms with E-state index < -0.39 is 6.10 Å². The van der Waals surface area contributed by atoms with Gasteiger partial charge in [-0.2, -0.15) is 0 Å². The molecular weight excluding hydrogens is 226 g/mol. The summed E-state index contributed by atoms with van der Waals surface area (Å²) < 4.78 is 0. The number of carbonyl (C=O) groups is 1. The third-order valence-electron chi connectivity index (χ3n) is 1.94. The smallest absolute Gasteiger partial charge is 0.232 e. The largest absolute Gasteiger partial charge is 0.394 e. The third-order valence-corrected chi connectivity index (χ3v) is 3.01. The highest BCUT2D eigenvalue weighted by Crippen LogP contribution is 2.06. The number of hydrogen-bond acceptors (Lipinski definition) is 4.